The standard InChI is InChI=1S/C21H28FN3O/c1-15(24-21(26)13-8-17-6-4-3-5-7-17)20-14-23-25(16(20)2)19-11-9-18(22)10-12-19/h9-12,14-15,17H,3-8,13H2,1-2H3,(H,24,26). The number of rotatable bonds is 6. The number of amides is 1. The van der Waals surface area contributed by atoms with E-state index in [1.165, 1.54) is 44.2 Å². The van der Waals surface area contributed by atoms with Crippen molar-refractivity contribution in [3.05, 3.63) is 47.5 Å². The molecule has 0 radical (unpaired) electrons. The molecular formula is C21H28FN3O. The van der Waals surface area contributed by atoms with Gasteiger partial charge >= 0.3 is 0 Å². The molecule has 4 nitrogen and oxygen atoms in total. The number of aromatic nitrogens is 2. The van der Waals surface area contributed by atoms with Crippen LogP contribution in [0, 0.1) is 18.7 Å². The third-order valence-electron chi connectivity index (χ3n) is 5.47. The lowest BCUT2D eigenvalue weighted by Crippen LogP contribution is -2.27. The lowest BCUT2D eigenvalue weighted by Gasteiger charge is -2.21. The molecule has 26 heavy (non-hydrogen) atoms. The van der Waals surface area contributed by atoms with Crippen LogP contribution in [0.15, 0.2) is 30.5 Å². The summed E-state index contributed by atoms with van der Waals surface area (Å²) >= 11 is 0. The van der Waals surface area contributed by atoms with Gasteiger partial charge in [-0.1, -0.05) is 32.1 Å². The van der Waals surface area contributed by atoms with Crippen LogP contribution in [0.2, 0.25) is 0 Å². The van der Waals surface area contributed by atoms with E-state index in [2.05, 4.69) is 10.4 Å². The van der Waals surface area contributed by atoms with Crippen molar-refractivity contribution in [3.8, 4) is 5.69 Å². The van der Waals surface area contributed by atoms with E-state index in [1.54, 1.807) is 23.0 Å². The van der Waals surface area contributed by atoms with Gasteiger partial charge in [-0.2, -0.15) is 5.10 Å². The molecule has 140 valence electrons. The maximum Gasteiger partial charge on any atom is 0.220 e. The Labute approximate surface area is 154 Å². The topological polar surface area (TPSA) is 46.9 Å². The monoisotopic (exact) mass is 357 g/mol. The molecule has 1 saturated carbocycles. The van der Waals surface area contributed by atoms with E-state index in [4.69, 9.17) is 0 Å². The van der Waals surface area contributed by atoms with Crippen LogP contribution in [0.4, 0.5) is 4.39 Å². The molecule has 1 atom stereocenters. The molecule has 1 unspecified atom stereocenters. The number of halogens is 1. The fourth-order valence-corrected chi connectivity index (χ4v) is 3.89. The Morgan fingerprint density at radius 3 is 2.65 bits per heavy atom. The maximum atomic E-state index is 13.1. The number of carbonyl (C=O) groups is 1. The molecule has 0 bridgehead atoms. The van der Waals surface area contributed by atoms with E-state index in [0.717, 1.165) is 23.4 Å². The molecule has 0 spiro atoms. The highest BCUT2D eigenvalue weighted by Gasteiger charge is 2.18. The Balaban J connectivity index is 1.58. The van der Waals surface area contributed by atoms with Crippen LogP contribution in [-0.4, -0.2) is 15.7 Å². The Morgan fingerprint density at radius 1 is 1.27 bits per heavy atom. The van der Waals surface area contributed by atoms with E-state index in [9.17, 15) is 9.18 Å². The summed E-state index contributed by atoms with van der Waals surface area (Å²) in [6.45, 7) is 3.95. The zero-order valence-corrected chi connectivity index (χ0v) is 15.7. The minimum atomic E-state index is -0.266. The maximum absolute atomic E-state index is 13.1. The van der Waals surface area contributed by atoms with Crippen LogP contribution in [-0.2, 0) is 4.79 Å². The van der Waals surface area contributed by atoms with Crippen LogP contribution < -0.4 is 5.32 Å². The molecular weight excluding hydrogens is 329 g/mol. The first kappa shape index (κ1) is 18.6. The van der Waals surface area contributed by atoms with Gasteiger partial charge in [0.25, 0.3) is 0 Å². The fraction of sp³-hybridized carbons (Fsp3) is 0.524. The van der Waals surface area contributed by atoms with Gasteiger partial charge in [-0.3, -0.25) is 4.79 Å². The van der Waals surface area contributed by atoms with Gasteiger partial charge < -0.3 is 5.32 Å². The number of hydrogen-bond acceptors (Lipinski definition) is 2. The Kier molecular flexibility index (Phi) is 6.07. The normalized spacial score (nSPS) is 16.4. The summed E-state index contributed by atoms with van der Waals surface area (Å²) < 4.78 is 14.9. The summed E-state index contributed by atoms with van der Waals surface area (Å²) in [5.41, 5.74) is 2.75. The number of hydrogen-bond donors (Lipinski definition) is 1. The van der Waals surface area contributed by atoms with Crippen molar-refractivity contribution in [1.29, 1.82) is 0 Å². The first-order valence-corrected chi connectivity index (χ1v) is 9.64. The molecule has 5 heteroatoms. The van der Waals surface area contributed by atoms with E-state index in [1.807, 2.05) is 13.8 Å². The molecule has 1 N–H and O–H groups in total. The molecule has 0 saturated heterocycles. The average molecular weight is 357 g/mol. The second-order valence-electron chi connectivity index (χ2n) is 7.41. The molecule has 1 aromatic carbocycles. The predicted molar refractivity (Wildman–Crippen MR) is 101 cm³/mol. The summed E-state index contributed by atoms with van der Waals surface area (Å²) in [4.78, 5) is 12.3. The van der Waals surface area contributed by atoms with Crippen molar-refractivity contribution >= 4 is 5.91 Å². The number of nitrogens with one attached hydrogen (secondary N) is 1. The summed E-state index contributed by atoms with van der Waals surface area (Å²) in [6, 6.07) is 6.15. The number of benzene rings is 1. The quantitative estimate of drug-likeness (QED) is 0.803. The Morgan fingerprint density at radius 2 is 1.96 bits per heavy atom. The molecule has 1 heterocycles. The minimum absolute atomic E-state index is 0.0944. The highest BCUT2D eigenvalue weighted by atomic mass is 19.1. The smallest absolute Gasteiger partial charge is 0.220 e. The van der Waals surface area contributed by atoms with Crippen molar-refractivity contribution in [2.45, 2.75) is 64.8 Å². The largest absolute Gasteiger partial charge is 0.349 e. The summed E-state index contributed by atoms with van der Waals surface area (Å²) in [5.74, 6) is 0.558. The van der Waals surface area contributed by atoms with E-state index in [0.29, 0.717) is 12.3 Å². The summed E-state index contributed by atoms with van der Waals surface area (Å²) in [7, 11) is 0. The van der Waals surface area contributed by atoms with Crippen LogP contribution in [0.3, 0.4) is 0 Å². The Hall–Kier alpha value is -2.17. The number of carbonyl (C=O) groups excluding carboxylic acids is 1. The minimum Gasteiger partial charge on any atom is -0.349 e. The van der Waals surface area contributed by atoms with Gasteiger partial charge in [-0.05, 0) is 50.5 Å². The van der Waals surface area contributed by atoms with E-state index >= 15 is 0 Å². The molecule has 1 aliphatic rings. The molecule has 3 rings (SSSR count). The lowest BCUT2D eigenvalue weighted by atomic mass is 9.86. The van der Waals surface area contributed by atoms with Gasteiger partial charge in [0.05, 0.1) is 17.9 Å². The highest BCUT2D eigenvalue weighted by molar-refractivity contribution is 5.76. The van der Waals surface area contributed by atoms with Crippen molar-refractivity contribution in [1.82, 2.24) is 15.1 Å². The van der Waals surface area contributed by atoms with Gasteiger partial charge in [0.1, 0.15) is 5.82 Å². The molecule has 1 fully saturated rings. The van der Waals surface area contributed by atoms with Gasteiger partial charge in [-0.25, -0.2) is 9.07 Å². The second kappa shape index (κ2) is 8.47. The van der Waals surface area contributed by atoms with Gasteiger partial charge in [0.2, 0.25) is 5.91 Å². The second-order valence-corrected chi connectivity index (χ2v) is 7.41. The van der Waals surface area contributed by atoms with Crippen molar-refractivity contribution < 1.29 is 9.18 Å². The van der Waals surface area contributed by atoms with E-state index < -0.39 is 0 Å². The lowest BCUT2D eigenvalue weighted by molar-refractivity contribution is -0.122. The van der Waals surface area contributed by atoms with Gasteiger partial charge in [-0.15, -0.1) is 0 Å². The van der Waals surface area contributed by atoms with Crippen molar-refractivity contribution in [3.63, 3.8) is 0 Å². The first-order valence-electron chi connectivity index (χ1n) is 9.64. The van der Waals surface area contributed by atoms with E-state index in [-0.39, 0.29) is 17.8 Å². The van der Waals surface area contributed by atoms with Crippen LogP contribution in [0.5, 0.6) is 0 Å². The highest BCUT2D eigenvalue weighted by Crippen LogP contribution is 2.27. The molecule has 0 aliphatic heterocycles. The SMILES string of the molecule is Cc1c(C(C)NC(=O)CCC2CCCCC2)cnn1-c1ccc(F)cc1. The third kappa shape index (κ3) is 4.51. The molecule has 1 aliphatic carbocycles. The first-order chi connectivity index (χ1) is 12.5. The van der Waals surface area contributed by atoms with Crippen LogP contribution >= 0.6 is 0 Å². The molecule has 2 aromatic rings. The number of nitrogens with zero attached hydrogens (tertiary/aromatic N) is 2. The van der Waals surface area contributed by atoms with Gasteiger partial charge in [0.15, 0.2) is 0 Å². The van der Waals surface area contributed by atoms with Crippen molar-refractivity contribution in [2.24, 2.45) is 5.92 Å². The summed E-state index contributed by atoms with van der Waals surface area (Å²) in [5, 5.41) is 7.50. The molecule has 1 aromatic heterocycles. The molecule has 1 amide bonds. The van der Waals surface area contributed by atoms with Crippen LogP contribution in [0.1, 0.15) is 69.2 Å². The zero-order valence-electron chi connectivity index (χ0n) is 15.7. The predicted octanol–water partition coefficient (Wildman–Crippen LogP) is 4.86. The third-order valence-corrected chi connectivity index (χ3v) is 5.47. The van der Waals surface area contributed by atoms with Crippen molar-refractivity contribution in [2.75, 3.05) is 0 Å². The van der Waals surface area contributed by atoms with Crippen LogP contribution in [0.25, 0.3) is 5.69 Å². The Bertz CT molecular complexity index is 732. The van der Waals surface area contributed by atoms with Gasteiger partial charge in [0, 0.05) is 17.7 Å². The zero-order chi connectivity index (χ0) is 18.5. The fourth-order valence-electron chi connectivity index (χ4n) is 3.89. The summed E-state index contributed by atoms with van der Waals surface area (Å²) in [6.07, 6.45) is 9.88. The average Bonchev–Trinajstić information content (AvgIpc) is 3.03.